The summed E-state index contributed by atoms with van der Waals surface area (Å²) in [7, 11) is 1.57. The highest BCUT2D eigenvalue weighted by Gasteiger charge is 2.29. The van der Waals surface area contributed by atoms with Gasteiger partial charge in [-0.3, -0.25) is 9.59 Å². The largest absolute Gasteiger partial charge is 0.383 e. The van der Waals surface area contributed by atoms with Gasteiger partial charge >= 0.3 is 0 Å². The van der Waals surface area contributed by atoms with Crippen LogP contribution in [-0.2, 0) is 27.3 Å². The Labute approximate surface area is 200 Å². The van der Waals surface area contributed by atoms with Crippen LogP contribution in [0.1, 0.15) is 31.9 Å². The number of rotatable bonds is 10. The molecule has 0 saturated carbocycles. The Bertz CT molecular complexity index is 1100. The van der Waals surface area contributed by atoms with Crippen molar-refractivity contribution in [2.24, 2.45) is 5.41 Å². The number of aromatic nitrogens is 1. The summed E-state index contributed by atoms with van der Waals surface area (Å²) in [5.41, 5.74) is 2.39. The van der Waals surface area contributed by atoms with E-state index >= 15 is 0 Å². The summed E-state index contributed by atoms with van der Waals surface area (Å²) in [6.07, 6.45) is 2.63. The molecule has 6 nitrogen and oxygen atoms in total. The molecular weight excluding hydrogens is 433 g/mol. The summed E-state index contributed by atoms with van der Waals surface area (Å²) >= 11 is 0. The Kier molecular flexibility index (Phi) is 8.45. The number of para-hydroxylation sites is 1. The molecule has 3 rings (SSSR count). The molecule has 1 heterocycles. The van der Waals surface area contributed by atoms with Gasteiger partial charge in [-0.1, -0.05) is 51.1 Å². The van der Waals surface area contributed by atoms with Gasteiger partial charge in [0.05, 0.1) is 13.2 Å². The van der Waals surface area contributed by atoms with E-state index in [4.69, 9.17) is 4.74 Å². The summed E-state index contributed by atoms with van der Waals surface area (Å²) in [6, 6.07) is 14.2. The van der Waals surface area contributed by atoms with E-state index in [0.717, 1.165) is 22.0 Å². The van der Waals surface area contributed by atoms with Gasteiger partial charge in [0.2, 0.25) is 11.8 Å². The minimum absolute atomic E-state index is 0.0332. The number of nitrogens with one attached hydrogen (secondary N) is 1. The second-order valence-corrected chi connectivity index (χ2v) is 9.52. The number of hydrogen-bond acceptors (Lipinski definition) is 3. The van der Waals surface area contributed by atoms with E-state index in [9.17, 15) is 14.0 Å². The SMILES string of the molecule is COCCN(CC(=O)N(CCc1c[nH]c2ccccc12)Cc1ccc(F)cc1)C(=O)C(C)(C)C. The van der Waals surface area contributed by atoms with E-state index in [1.165, 1.54) is 12.1 Å². The van der Waals surface area contributed by atoms with Crippen LogP contribution in [0.5, 0.6) is 0 Å². The lowest BCUT2D eigenvalue weighted by Crippen LogP contribution is -2.47. The minimum Gasteiger partial charge on any atom is -0.383 e. The molecule has 0 unspecified atom stereocenters. The number of H-pyrrole nitrogens is 1. The van der Waals surface area contributed by atoms with Crippen LogP contribution in [0.15, 0.2) is 54.7 Å². The molecule has 1 N–H and O–H groups in total. The maximum Gasteiger partial charge on any atom is 0.242 e. The highest BCUT2D eigenvalue weighted by molar-refractivity contribution is 5.87. The number of hydrogen-bond donors (Lipinski definition) is 1. The Morgan fingerprint density at radius 1 is 1.00 bits per heavy atom. The second kappa shape index (κ2) is 11.3. The van der Waals surface area contributed by atoms with Crippen LogP contribution >= 0.6 is 0 Å². The second-order valence-electron chi connectivity index (χ2n) is 9.52. The number of ether oxygens (including phenoxy) is 1. The normalized spacial score (nSPS) is 11.6. The first-order valence-electron chi connectivity index (χ1n) is 11.5. The highest BCUT2D eigenvalue weighted by Crippen LogP contribution is 2.20. The number of carbonyl (C=O) groups excluding carboxylic acids is 2. The number of nitrogens with zero attached hydrogens (tertiary/aromatic N) is 2. The molecule has 0 spiro atoms. The summed E-state index contributed by atoms with van der Waals surface area (Å²) in [5.74, 6) is -0.573. The fourth-order valence-electron chi connectivity index (χ4n) is 3.89. The maximum atomic E-state index is 13.5. The third kappa shape index (κ3) is 6.67. The number of fused-ring (bicyclic) bond motifs is 1. The molecule has 0 aliphatic heterocycles. The van der Waals surface area contributed by atoms with Gasteiger partial charge in [-0.25, -0.2) is 4.39 Å². The molecule has 0 fully saturated rings. The summed E-state index contributed by atoms with van der Waals surface area (Å²) in [6.45, 7) is 6.98. The standard InChI is InChI=1S/C27H34FN3O3/c1-27(2,3)26(33)31(15-16-34-4)19-25(32)30(18-20-9-11-22(28)12-10-20)14-13-21-17-29-24-8-6-5-7-23(21)24/h5-12,17,29H,13-16,18-19H2,1-4H3. The van der Waals surface area contributed by atoms with E-state index in [-0.39, 0.29) is 24.2 Å². The number of benzene rings is 2. The van der Waals surface area contributed by atoms with Crippen LogP contribution in [0, 0.1) is 11.2 Å². The van der Waals surface area contributed by atoms with Crippen LogP contribution in [0.2, 0.25) is 0 Å². The van der Waals surface area contributed by atoms with Crippen molar-refractivity contribution in [2.75, 3.05) is 33.4 Å². The van der Waals surface area contributed by atoms with Gasteiger partial charge in [0.25, 0.3) is 0 Å². The molecule has 182 valence electrons. The van der Waals surface area contributed by atoms with Crippen LogP contribution in [0.25, 0.3) is 10.9 Å². The number of methoxy groups -OCH3 is 1. The van der Waals surface area contributed by atoms with Gasteiger partial charge in [-0.2, -0.15) is 0 Å². The molecule has 0 aliphatic rings. The predicted octanol–water partition coefficient (Wildman–Crippen LogP) is 4.40. The van der Waals surface area contributed by atoms with Crippen molar-refractivity contribution >= 4 is 22.7 Å². The lowest BCUT2D eigenvalue weighted by molar-refractivity contribution is -0.146. The Morgan fingerprint density at radius 2 is 1.71 bits per heavy atom. The molecule has 2 aromatic carbocycles. The molecule has 2 amide bonds. The Balaban J connectivity index is 1.79. The zero-order valence-corrected chi connectivity index (χ0v) is 20.4. The first-order valence-corrected chi connectivity index (χ1v) is 11.5. The van der Waals surface area contributed by atoms with Crippen LogP contribution in [0.3, 0.4) is 0 Å². The quantitative estimate of drug-likeness (QED) is 0.481. The lowest BCUT2D eigenvalue weighted by atomic mass is 9.94. The van der Waals surface area contributed by atoms with Crippen molar-refractivity contribution in [3.8, 4) is 0 Å². The monoisotopic (exact) mass is 467 g/mol. The Hall–Kier alpha value is -3.19. The summed E-state index contributed by atoms with van der Waals surface area (Å²) in [5, 5.41) is 1.13. The van der Waals surface area contributed by atoms with Crippen molar-refractivity contribution in [3.05, 3.63) is 71.7 Å². The van der Waals surface area contributed by atoms with E-state index in [1.807, 2.05) is 45.2 Å². The molecule has 0 saturated heterocycles. The first kappa shape index (κ1) is 25.4. The third-order valence-electron chi connectivity index (χ3n) is 5.79. The maximum absolute atomic E-state index is 13.5. The molecule has 0 radical (unpaired) electrons. The van der Waals surface area contributed by atoms with Gasteiger partial charge in [-0.15, -0.1) is 0 Å². The molecule has 1 aromatic heterocycles. The molecule has 3 aromatic rings. The van der Waals surface area contributed by atoms with Crippen molar-refractivity contribution in [1.29, 1.82) is 0 Å². The van der Waals surface area contributed by atoms with Crippen molar-refractivity contribution in [3.63, 3.8) is 0 Å². The summed E-state index contributed by atoms with van der Waals surface area (Å²) in [4.78, 5) is 33.0. The fraction of sp³-hybridized carbons (Fsp3) is 0.407. The van der Waals surface area contributed by atoms with Gasteiger partial charge in [0.15, 0.2) is 0 Å². The van der Waals surface area contributed by atoms with Gasteiger partial charge < -0.3 is 19.5 Å². The average Bonchev–Trinajstić information content (AvgIpc) is 3.22. The van der Waals surface area contributed by atoms with E-state index in [2.05, 4.69) is 11.1 Å². The van der Waals surface area contributed by atoms with Crippen molar-refractivity contribution in [2.45, 2.75) is 33.7 Å². The van der Waals surface area contributed by atoms with E-state index in [0.29, 0.717) is 32.7 Å². The number of halogens is 1. The first-order chi connectivity index (χ1) is 16.2. The zero-order valence-electron chi connectivity index (χ0n) is 20.4. The smallest absolute Gasteiger partial charge is 0.242 e. The van der Waals surface area contributed by atoms with Crippen LogP contribution in [-0.4, -0.2) is 59.9 Å². The molecule has 34 heavy (non-hydrogen) atoms. The molecular formula is C27H34FN3O3. The zero-order chi connectivity index (χ0) is 24.7. The summed E-state index contributed by atoms with van der Waals surface area (Å²) < 4.78 is 18.6. The van der Waals surface area contributed by atoms with E-state index < -0.39 is 5.41 Å². The number of amides is 2. The predicted molar refractivity (Wildman–Crippen MR) is 132 cm³/mol. The van der Waals surface area contributed by atoms with Crippen LogP contribution in [0.4, 0.5) is 4.39 Å². The lowest BCUT2D eigenvalue weighted by Gasteiger charge is -2.31. The van der Waals surface area contributed by atoms with Crippen molar-refractivity contribution in [1.82, 2.24) is 14.8 Å². The topological polar surface area (TPSA) is 65.6 Å². The minimum atomic E-state index is -0.611. The van der Waals surface area contributed by atoms with Gasteiger partial charge in [-0.05, 0) is 35.7 Å². The molecule has 0 bridgehead atoms. The Morgan fingerprint density at radius 3 is 2.38 bits per heavy atom. The van der Waals surface area contributed by atoms with Crippen LogP contribution < -0.4 is 0 Å². The van der Waals surface area contributed by atoms with Gasteiger partial charge in [0, 0.05) is 49.3 Å². The van der Waals surface area contributed by atoms with Crippen molar-refractivity contribution < 1.29 is 18.7 Å². The number of aromatic amines is 1. The average molecular weight is 468 g/mol. The highest BCUT2D eigenvalue weighted by atomic mass is 19.1. The molecule has 0 atom stereocenters. The molecule has 0 aliphatic carbocycles. The molecule has 7 heteroatoms. The third-order valence-corrected chi connectivity index (χ3v) is 5.79. The van der Waals surface area contributed by atoms with Gasteiger partial charge in [0.1, 0.15) is 5.82 Å². The fourth-order valence-corrected chi connectivity index (χ4v) is 3.89. The number of carbonyl (C=O) groups is 2. The van der Waals surface area contributed by atoms with E-state index in [1.54, 1.807) is 29.0 Å².